The van der Waals surface area contributed by atoms with Gasteiger partial charge in [-0.2, -0.15) is 11.3 Å². The Morgan fingerprint density at radius 1 is 1.09 bits per heavy atom. The molecule has 3 heterocycles. The summed E-state index contributed by atoms with van der Waals surface area (Å²) in [5.41, 5.74) is 1.91. The van der Waals surface area contributed by atoms with Gasteiger partial charge in [-0.05, 0) is 52.6 Å². The lowest BCUT2D eigenvalue weighted by Gasteiger charge is -2.18. The monoisotopic (exact) mass is 345 g/mol. The van der Waals surface area contributed by atoms with Gasteiger partial charge in [0, 0.05) is 24.8 Å². The molecule has 0 saturated heterocycles. The van der Waals surface area contributed by atoms with Crippen molar-refractivity contribution < 1.29 is 8.42 Å². The van der Waals surface area contributed by atoms with Crippen molar-refractivity contribution in [2.75, 3.05) is 0 Å². The Morgan fingerprint density at radius 3 is 2.48 bits per heavy atom. The van der Waals surface area contributed by atoms with Crippen LogP contribution in [0.3, 0.4) is 0 Å². The number of hydrogen-bond acceptors (Lipinski definition) is 5. The summed E-state index contributed by atoms with van der Waals surface area (Å²) in [6.07, 6.45) is 6.80. The number of thiophene rings is 1. The molecule has 7 heteroatoms. The topological polar surface area (TPSA) is 72.0 Å². The highest BCUT2D eigenvalue weighted by Gasteiger charge is 2.22. The van der Waals surface area contributed by atoms with Crippen LogP contribution in [0.15, 0.2) is 70.8 Å². The first kappa shape index (κ1) is 15.8. The van der Waals surface area contributed by atoms with Crippen molar-refractivity contribution in [3.8, 4) is 0 Å². The molecule has 0 radical (unpaired) electrons. The number of sulfonamides is 1. The normalized spacial score (nSPS) is 12.9. The maximum absolute atomic E-state index is 12.6. The summed E-state index contributed by atoms with van der Waals surface area (Å²) in [6.45, 7) is 0. The minimum atomic E-state index is -3.65. The van der Waals surface area contributed by atoms with E-state index in [1.54, 1.807) is 42.1 Å². The Morgan fingerprint density at radius 2 is 1.87 bits per heavy atom. The zero-order chi connectivity index (χ0) is 16.1. The van der Waals surface area contributed by atoms with Gasteiger partial charge in [-0.25, -0.2) is 13.1 Å². The molecule has 0 fully saturated rings. The fraction of sp³-hybridized carbons (Fsp3) is 0.125. The Balaban J connectivity index is 1.90. The molecule has 0 spiro atoms. The van der Waals surface area contributed by atoms with E-state index in [1.807, 2.05) is 22.9 Å². The van der Waals surface area contributed by atoms with E-state index in [4.69, 9.17) is 0 Å². The Kier molecular flexibility index (Phi) is 4.80. The van der Waals surface area contributed by atoms with Crippen molar-refractivity contribution in [1.82, 2.24) is 14.7 Å². The van der Waals surface area contributed by atoms with Gasteiger partial charge in [-0.15, -0.1) is 0 Å². The van der Waals surface area contributed by atoms with E-state index in [0.29, 0.717) is 6.42 Å². The van der Waals surface area contributed by atoms with Crippen LogP contribution in [0.1, 0.15) is 17.2 Å². The lowest BCUT2D eigenvalue weighted by Crippen LogP contribution is -2.30. The largest absolute Gasteiger partial charge is 0.264 e. The number of rotatable bonds is 6. The molecular weight excluding hydrogens is 330 g/mol. The number of nitrogens with zero attached hydrogens (tertiary/aromatic N) is 2. The SMILES string of the molecule is O=S(=O)(N[C@H](Cc1ccsc1)c1cccnc1)c1cccnc1. The highest BCUT2D eigenvalue weighted by Crippen LogP contribution is 2.22. The van der Waals surface area contributed by atoms with Gasteiger partial charge in [-0.3, -0.25) is 9.97 Å². The Bertz CT molecular complexity index is 836. The molecule has 118 valence electrons. The summed E-state index contributed by atoms with van der Waals surface area (Å²) in [7, 11) is -3.65. The molecule has 0 aliphatic rings. The second kappa shape index (κ2) is 6.99. The molecule has 23 heavy (non-hydrogen) atoms. The summed E-state index contributed by atoms with van der Waals surface area (Å²) in [5.74, 6) is 0. The summed E-state index contributed by atoms with van der Waals surface area (Å²) in [6, 6.07) is 8.41. The zero-order valence-electron chi connectivity index (χ0n) is 12.2. The summed E-state index contributed by atoms with van der Waals surface area (Å²) >= 11 is 1.59. The predicted octanol–water partition coefficient (Wildman–Crippen LogP) is 2.80. The molecule has 3 aromatic rings. The first-order valence-electron chi connectivity index (χ1n) is 6.98. The van der Waals surface area contributed by atoms with Gasteiger partial charge in [0.05, 0.1) is 6.04 Å². The number of pyridine rings is 2. The molecule has 5 nitrogen and oxygen atoms in total. The molecule has 1 N–H and O–H groups in total. The minimum Gasteiger partial charge on any atom is -0.264 e. The van der Waals surface area contributed by atoms with Crippen molar-refractivity contribution in [3.63, 3.8) is 0 Å². The zero-order valence-corrected chi connectivity index (χ0v) is 13.8. The second-order valence-electron chi connectivity index (χ2n) is 4.98. The van der Waals surface area contributed by atoms with Crippen molar-refractivity contribution in [2.24, 2.45) is 0 Å². The average molecular weight is 345 g/mol. The second-order valence-corrected chi connectivity index (χ2v) is 7.48. The van der Waals surface area contributed by atoms with Crippen LogP contribution < -0.4 is 4.72 Å². The average Bonchev–Trinajstić information content (AvgIpc) is 3.09. The molecule has 0 aromatic carbocycles. The fourth-order valence-corrected chi connectivity index (χ4v) is 4.08. The van der Waals surface area contributed by atoms with Gasteiger partial charge in [0.15, 0.2) is 0 Å². The Labute approximate surface area is 139 Å². The third-order valence-electron chi connectivity index (χ3n) is 3.35. The highest BCUT2D eigenvalue weighted by molar-refractivity contribution is 7.89. The number of hydrogen-bond donors (Lipinski definition) is 1. The van der Waals surface area contributed by atoms with Crippen molar-refractivity contribution in [1.29, 1.82) is 0 Å². The van der Waals surface area contributed by atoms with Crippen molar-refractivity contribution in [2.45, 2.75) is 17.4 Å². The maximum atomic E-state index is 12.6. The van der Waals surface area contributed by atoms with Crippen LogP contribution in [-0.4, -0.2) is 18.4 Å². The van der Waals surface area contributed by atoms with Crippen LogP contribution in [0, 0.1) is 0 Å². The van der Waals surface area contributed by atoms with E-state index in [9.17, 15) is 8.42 Å². The van der Waals surface area contributed by atoms with Crippen LogP contribution in [0.2, 0.25) is 0 Å². The minimum absolute atomic E-state index is 0.152. The molecule has 0 bridgehead atoms. The van der Waals surface area contributed by atoms with Gasteiger partial charge in [0.2, 0.25) is 10.0 Å². The first-order valence-corrected chi connectivity index (χ1v) is 9.41. The molecule has 3 aromatic heterocycles. The van der Waals surface area contributed by atoms with Crippen molar-refractivity contribution in [3.05, 3.63) is 77.0 Å². The van der Waals surface area contributed by atoms with Crippen molar-refractivity contribution >= 4 is 21.4 Å². The standard InChI is InChI=1S/C16H15N3O2S2/c20-23(21,15-4-2-7-18-11-15)19-16(9-13-5-8-22-12-13)14-3-1-6-17-10-14/h1-8,10-12,16,19H,9H2/t16-/m1/s1. The van der Waals surface area contributed by atoms with E-state index >= 15 is 0 Å². The maximum Gasteiger partial charge on any atom is 0.242 e. The fourth-order valence-electron chi connectivity index (χ4n) is 2.22. The molecular formula is C16H15N3O2S2. The molecule has 0 aliphatic carbocycles. The summed E-state index contributed by atoms with van der Waals surface area (Å²) < 4.78 is 27.9. The van der Waals surface area contributed by atoms with E-state index in [-0.39, 0.29) is 10.9 Å². The summed E-state index contributed by atoms with van der Waals surface area (Å²) in [5, 5.41) is 3.99. The van der Waals surface area contributed by atoms with Crippen LogP contribution in [0.5, 0.6) is 0 Å². The van der Waals surface area contributed by atoms with Gasteiger partial charge in [-0.1, -0.05) is 6.07 Å². The van der Waals surface area contributed by atoms with Crippen LogP contribution >= 0.6 is 11.3 Å². The van der Waals surface area contributed by atoms with E-state index < -0.39 is 10.0 Å². The molecule has 0 unspecified atom stereocenters. The molecule has 0 amide bonds. The van der Waals surface area contributed by atoms with E-state index in [0.717, 1.165) is 11.1 Å². The lowest BCUT2D eigenvalue weighted by molar-refractivity contribution is 0.554. The Hall–Kier alpha value is -2.09. The molecule has 1 atom stereocenters. The van der Waals surface area contributed by atoms with Gasteiger partial charge >= 0.3 is 0 Å². The van der Waals surface area contributed by atoms with Crippen LogP contribution in [0.4, 0.5) is 0 Å². The summed E-state index contributed by atoms with van der Waals surface area (Å²) in [4.78, 5) is 8.12. The molecule has 3 rings (SSSR count). The predicted molar refractivity (Wildman–Crippen MR) is 89.6 cm³/mol. The van der Waals surface area contributed by atoms with E-state index in [1.165, 1.54) is 12.3 Å². The van der Waals surface area contributed by atoms with E-state index in [2.05, 4.69) is 14.7 Å². The molecule has 0 saturated carbocycles. The highest BCUT2D eigenvalue weighted by atomic mass is 32.2. The lowest BCUT2D eigenvalue weighted by atomic mass is 10.0. The quantitative estimate of drug-likeness (QED) is 0.746. The van der Waals surface area contributed by atoms with Gasteiger partial charge in [0.1, 0.15) is 4.90 Å². The number of nitrogens with one attached hydrogen (secondary N) is 1. The first-order chi connectivity index (χ1) is 11.1. The van der Waals surface area contributed by atoms with Crippen LogP contribution in [-0.2, 0) is 16.4 Å². The smallest absolute Gasteiger partial charge is 0.242 e. The third-order valence-corrected chi connectivity index (χ3v) is 5.54. The van der Waals surface area contributed by atoms with Gasteiger partial charge < -0.3 is 0 Å². The van der Waals surface area contributed by atoms with Gasteiger partial charge in [0.25, 0.3) is 0 Å². The van der Waals surface area contributed by atoms with Crippen LogP contribution in [0.25, 0.3) is 0 Å². The third kappa shape index (κ3) is 4.01. The molecule has 0 aliphatic heterocycles. The number of aromatic nitrogens is 2.